The summed E-state index contributed by atoms with van der Waals surface area (Å²) in [7, 11) is 1.50. The molecule has 9 nitrogen and oxygen atoms in total. The van der Waals surface area contributed by atoms with Crippen LogP contribution in [0.25, 0.3) is 0 Å². The number of hydrogen-bond donors (Lipinski definition) is 3. The maximum absolute atomic E-state index is 13.5. The second kappa shape index (κ2) is 14.3. The summed E-state index contributed by atoms with van der Waals surface area (Å²) in [6, 6.07) is 4.91. The summed E-state index contributed by atoms with van der Waals surface area (Å²) in [4.78, 5) is 39.4. The first-order chi connectivity index (χ1) is 16.3. The Morgan fingerprint density at radius 3 is 2.50 bits per heavy atom. The Kier molecular flexibility index (Phi) is 11.8. The van der Waals surface area contributed by atoms with Crippen molar-refractivity contribution in [3.63, 3.8) is 0 Å². The number of aliphatic carboxylic acids is 1. The van der Waals surface area contributed by atoms with Gasteiger partial charge in [-0.25, -0.2) is 4.79 Å². The van der Waals surface area contributed by atoms with Crippen LogP contribution in [-0.4, -0.2) is 78.9 Å². The molecule has 1 aliphatic heterocycles. The molecule has 1 aromatic carbocycles. The van der Waals surface area contributed by atoms with Crippen molar-refractivity contribution in [2.75, 3.05) is 26.8 Å². The van der Waals surface area contributed by atoms with Crippen LogP contribution in [-0.2, 0) is 30.3 Å². The molecule has 1 aromatic rings. The van der Waals surface area contributed by atoms with E-state index in [0.29, 0.717) is 43.7 Å². The topological polar surface area (TPSA) is 131 Å². The highest BCUT2D eigenvalue weighted by atomic mass is 35.5. The first-order valence-electron chi connectivity index (χ1n) is 11.7. The van der Waals surface area contributed by atoms with E-state index in [1.165, 1.54) is 12.0 Å². The number of rotatable bonds is 14. The second-order valence-electron chi connectivity index (χ2n) is 8.41. The Bertz CT molecular complexity index is 806. The Balaban J connectivity index is 2.20. The Morgan fingerprint density at radius 2 is 1.91 bits per heavy atom. The number of nitrogens with two attached hydrogens (primary N) is 1. The minimum atomic E-state index is -1.07. The largest absolute Gasteiger partial charge is 0.480 e. The van der Waals surface area contributed by atoms with Crippen molar-refractivity contribution in [2.45, 2.75) is 69.7 Å². The molecule has 0 aliphatic carbocycles. The molecule has 190 valence electrons. The quantitative estimate of drug-likeness (QED) is 0.263. The highest BCUT2D eigenvalue weighted by Gasteiger charge is 2.42. The van der Waals surface area contributed by atoms with Crippen LogP contribution in [0.2, 0.25) is 5.02 Å². The molecule has 0 unspecified atom stereocenters. The summed E-state index contributed by atoms with van der Waals surface area (Å²) in [5.74, 6) is -1.87. The lowest BCUT2D eigenvalue weighted by molar-refractivity contribution is -0.150. The van der Waals surface area contributed by atoms with Gasteiger partial charge in [-0.15, -0.1) is 0 Å². The molecule has 2 rings (SSSR count). The fourth-order valence-corrected chi connectivity index (χ4v) is 4.26. The van der Waals surface area contributed by atoms with E-state index in [-0.39, 0.29) is 31.6 Å². The molecular formula is C24H36ClN3O6. The van der Waals surface area contributed by atoms with E-state index in [1.54, 1.807) is 19.1 Å². The second-order valence-corrected chi connectivity index (χ2v) is 8.85. The number of likely N-dealkylation sites (tertiary alicyclic amines) is 1. The lowest BCUT2D eigenvalue weighted by Gasteiger charge is -2.30. The molecule has 0 spiro atoms. The molecule has 0 saturated carbocycles. The molecular weight excluding hydrogens is 462 g/mol. The number of benzene rings is 1. The van der Waals surface area contributed by atoms with Gasteiger partial charge in [-0.05, 0) is 56.8 Å². The maximum atomic E-state index is 13.5. The van der Waals surface area contributed by atoms with Gasteiger partial charge in [0.2, 0.25) is 5.91 Å². The van der Waals surface area contributed by atoms with Crippen LogP contribution in [0.3, 0.4) is 0 Å². The number of nitrogens with one attached hydrogen (secondary N) is 1. The van der Waals surface area contributed by atoms with Crippen molar-refractivity contribution in [3.05, 3.63) is 34.9 Å². The number of amides is 1. The van der Waals surface area contributed by atoms with Crippen LogP contribution in [0.4, 0.5) is 0 Å². The number of methoxy groups -OCH3 is 1. The highest BCUT2D eigenvalue weighted by molar-refractivity contribution is 6.30. The summed E-state index contributed by atoms with van der Waals surface area (Å²) in [5.41, 5.74) is 6.63. The maximum Gasteiger partial charge on any atom is 0.326 e. The summed E-state index contributed by atoms with van der Waals surface area (Å²) in [5, 5.41) is 13.5. The monoisotopic (exact) mass is 497 g/mol. The van der Waals surface area contributed by atoms with Gasteiger partial charge in [0.15, 0.2) is 0 Å². The van der Waals surface area contributed by atoms with Crippen molar-refractivity contribution in [1.29, 1.82) is 0 Å². The van der Waals surface area contributed by atoms with Gasteiger partial charge in [-0.3, -0.25) is 14.9 Å². The highest BCUT2D eigenvalue weighted by Crippen LogP contribution is 2.23. The Labute approximate surface area is 205 Å². The third kappa shape index (κ3) is 8.23. The predicted molar refractivity (Wildman–Crippen MR) is 129 cm³/mol. The molecule has 4 N–H and O–H groups in total. The lowest BCUT2D eigenvalue weighted by atomic mass is 10.0. The van der Waals surface area contributed by atoms with E-state index < -0.39 is 30.1 Å². The number of hydrogen-bond acceptors (Lipinski definition) is 7. The predicted octanol–water partition coefficient (Wildman–Crippen LogP) is 1.99. The van der Waals surface area contributed by atoms with Gasteiger partial charge in [0, 0.05) is 25.1 Å². The average molecular weight is 498 g/mol. The molecule has 0 radical (unpaired) electrons. The molecule has 4 atom stereocenters. The number of carbonyl (C=O) groups is 3. The van der Waals surface area contributed by atoms with Gasteiger partial charge in [-0.2, -0.15) is 0 Å². The van der Waals surface area contributed by atoms with Gasteiger partial charge in [-0.1, -0.05) is 30.2 Å². The Morgan fingerprint density at radius 1 is 1.21 bits per heavy atom. The van der Waals surface area contributed by atoms with Crippen LogP contribution >= 0.6 is 11.6 Å². The summed E-state index contributed by atoms with van der Waals surface area (Å²) in [6.45, 7) is 2.61. The molecule has 0 bridgehead atoms. The zero-order valence-electron chi connectivity index (χ0n) is 19.9. The van der Waals surface area contributed by atoms with Crippen molar-refractivity contribution < 1.29 is 29.0 Å². The van der Waals surface area contributed by atoms with Crippen LogP contribution in [0.5, 0.6) is 0 Å². The molecule has 1 heterocycles. The lowest BCUT2D eigenvalue weighted by Crippen LogP contribution is -2.54. The normalized spacial score (nSPS) is 19.6. The number of aryl methyl sites for hydroxylation is 1. The number of carbonyl (C=O) groups excluding carboxylic acids is 2. The third-order valence-electron chi connectivity index (χ3n) is 6.02. The van der Waals surface area contributed by atoms with E-state index in [4.69, 9.17) is 26.8 Å². The number of esters is 1. The number of ether oxygens (including phenoxy) is 2. The molecule has 34 heavy (non-hydrogen) atoms. The fourth-order valence-electron chi connectivity index (χ4n) is 4.13. The van der Waals surface area contributed by atoms with Gasteiger partial charge in [0.25, 0.3) is 0 Å². The summed E-state index contributed by atoms with van der Waals surface area (Å²) in [6.07, 6.45) is 2.66. The molecule has 1 aliphatic rings. The molecule has 0 aromatic heterocycles. The number of carboxylic acid groups (broad SMARTS) is 1. The van der Waals surface area contributed by atoms with Gasteiger partial charge in [0.1, 0.15) is 12.1 Å². The van der Waals surface area contributed by atoms with E-state index >= 15 is 0 Å². The van der Waals surface area contributed by atoms with Gasteiger partial charge < -0.3 is 25.2 Å². The number of carboxylic acids is 1. The molecule has 10 heteroatoms. The van der Waals surface area contributed by atoms with Crippen LogP contribution in [0.15, 0.2) is 24.3 Å². The van der Waals surface area contributed by atoms with Crippen LogP contribution in [0.1, 0.15) is 44.6 Å². The first kappa shape index (κ1) is 28.0. The van der Waals surface area contributed by atoms with E-state index in [9.17, 15) is 19.5 Å². The zero-order valence-corrected chi connectivity index (χ0v) is 20.6. The smallest absolute Gasteiger partial charge is 0.326 e. The van der Waals surface area contributed by atoms with Gasteiger partial charge in [0.05, 0.1) is 18.8 Å². The number of halogens is 1. The van der Waals surface area contributed by atoms with Crippen molar-refractivity contribution in [1.82, 2.24) is 10.2 Å². The fraction of sp³-hybridized carbons (Fsp3) is 0.625. The minimum Gasteiger partial charge on any atom is -0.480 e. The summed E-state index contributed by atoms with van der Waals surface area (Å²) >= 11 is 5.96. The van der Waals surface area contributed by atoms with Crippen LogP contribution in [0, 0.1) is 0 Å². The van der Waals surface area contributed by atoms with Crippen molar-refractivity contribution in [3.8, 4) is 0 Å². The number of nitrogens with zero attached hydrogens (tertiary/aromatic N) is 1. The molecule has 1 saturated heterocycles. The van der Waals surface area contributed by atoms with E-state index in [2.05, 4.69) is 5.32 Å². The average Bonchev–Trinajstić information content (AvgIpc) is 3.26. The zero-order chi connectivity index (χ0) is 25.1. The molecule has 1 fully saturated rings. The van der Waals surface area contributed by atoms with Crippen LogP contribution < -0.4 is 11.1 Å². The van der Waals surface area contributed by atoms with Gasteiger partial charge >= 0.3 is 11.9 Å². The Hall–Kier alpha value is -2.20. The van der Waals surface area contributed by atoms with E-state index in [0.717, 1.165) is 5.56 Å². The SMILES string of the molecule is CCOC(=O)[C@H](CCc1ccc(Cl)cc1)N[C@@H](CCCCN)C(=O)N1C[C@H](OC)C[C@H]1C(=O)O. The number of unbranched alkanes of at least 4 members (excludes halogenated alkanes) is 1. The summed E-state index contributed by atoms with van der Waals surface area (Å²) < 4.78 is 10.6. The standard InChI is InChI=1S/C24H36ClN3O6/c1-3-34-24(32)20(12-9-16-7-10-17(25)11-8-16)27-19(6-4-5-13-26)22(29)28-15-18(33-2)14-21(28)23(30)31/h7-8,10-11,18-21,27H,3-6,9,12-15,26H2,1-2H3,(H,30,31)/t18-,19+,20+,21+/m1/s1. The van der Waals surface area contributed by atoms with Crippen molar-refractivity contribution >= 4 is 29.4 Å². The van der Waals surface area contributed by atoms with E-state index in [1.807, 2.05) is 12.1 Å². The van der Waals surface area contributed by atoms with Crippen molar-refractivity contribution in [2.24, 2.45) is 5.73 Å². The first-order valence-corrected chi connectivity index (χ1v) is 12.1. The molecule has 1 amide bonds. The third-order valence-corrected chi connectivity index (χ3v) is 6.27. The minimum absolute atomic E-state index is 0.191.